The summed E-state index contributed by atoms with van der Waals surface area (Å²) in [5.74, 6) is 0.668. The molecule has 1 aromatic heterocycles. The Labute approximate surface area is 157 Å². The first kappa shape index (κ1) is 20.5. The van der Waals surface area contributed by atoms with Crippen molar-refractivity contribution in [2.24, 2.45) is 23.8 Å². The molecule has 0 bridgehead atoms. The molecule has 2 rings (SSSR count). The summed E-state index contributed by atoms with van der Waals surface area (Å²) in [5.41, 5.74) is 1.10. The van der Waals surface area contributed by atoms with Crippen LogP contribution in [0.25, 0.3) is 0 Å². The Balaban J connectivity index is 2.30. The first-order valence-corrected chi connectivity index (χ1v) is 9.77. The number of nitrogens with one attached hydrogen (secondary N) is 2. The highest BCUT2D eigenvalue weighted by molar-refractivity contribution is 5.97. The molecule has 146 valence electrons. The molecular formula is C20H34N4O2. The van der Waals surface area contributed by atoms with Gasteiger partial charge in [0.15, 0.2) is 0 Å². The van der Waals surface area contributed by atoms with Gasteiger partial charge in [-0.25, -0.2) is 0 Å². The first-order valence-electron chi connectivity index (χ1n) is 9.77. The van der Waals surface area contributed by atoms with Crippen molar-refractivity contribution in [3.63, 3.8) is 0 Å². The van der Waals surface area contributed by atoms with Crippen LogP contribution in [0.2, 0.25) is 0 Å². The van der Waals surface area contributed by atoms with Gasteiger partial charge in [0, 0.05) is 25.1 Å². The predicted octanol–water partition coefficient (Wildman–Crippen LogP) is 3.06. The second kappa shape index (κ2) is 7.41. The van der Waals surface area contributed by atoms with Gasteiger partial charge < -0.3 is 10.6 Å². The molecule has 2 N–H and O–H groups in total. The van der Waals surface area contributed by atoms with Gasteiger partial charge in [0.1, 0.15) is 5.82 Å². The normalized spacial score (nSPS) is 24.5. The lowest BCUT2D eigenvalue weighted by molar-refractivity contribution is -0.135. The zero-order valence-electron chi connectivity index (χ0n) is 17.3. The second-order valence-corrected chi connectivity index (χ2v) is 8.10. The number of anilines is 1. The number of rotatable bonds is 6. The van der Waals surface area contributed by atoms with E-state index in [1.807, 2.05) is 34.7 Å². The highest BCUT2D eigenvalue weighted by Crippen LogP contribution is 2.56. The Morgan fingerprint density at radius 2 is 1.85 bits per heavy atom. The molecule has 1 heterocycles. The van der Waals surface area contributed by atoms with E-state index in [4.69, 9.17) is 0 Å². The van der Waals surface area contributed by atoms with Gasteiger partial charge in [0.25, 0.3) is 0 Å². The van der Waals surface area contributed by atoms with Crippen LogP contribution in [0.4, 0.5) is 5.82 Å². The highest BCUT2D eigenvalue weighted by Gasteiger charge is 2.58. The zero-order valence-corrected chi connectivity index (χ0v) is 17.3. The van der Waals surface area contributed by atoms with Gasteiger partial charge in [0.05, 0.1) is 11.1 Å². The topological polar surface area (TPSA) is 76.0 Å². The van der Waals surface area contributed by atoms with Crippen LogP contribution >= 0.6 is 0 Å². The van der Waals surface area contributed by atoms with Crippen LogP contribution in [-0.2, 0) is 29.5 Å². The lowest BCUT2D eigenvalue weighted by atomic mass is 9.65. The van der Waals surface area contributed by atoms with Gasteiger partial charge in [-0.1, -0.05) is 34.6 Å². The Bertz CT molecular complexity index is 692. The van der Waals surface area contributed by atoms with Crippen molar-refractivity contribution in [2.45, 2.75) is 67.2 Å². The SMILES string of the molecule is CCNC(=O)[C@@H]1CC[C@](C)(C(=O)Nc2c(CC)c(CC)nn2C)C1(C)C. The van der Waals surface area contributed by atoms with Crippen molar-refractivity contribution in [1.82, 2.24) is 15.1 Å². The quantitative estimate of drug-likeness (QED) is 0.816. The minimum Gasteiger partial charge on any atom is -0.356 e. The average Bonchev–Trinajstić information content (AvgIpc) is 3.02. The Morgan fingerprint density at radius 1 is 1.19 bits per heavy atom. The van der Waals surface area contributed by atoms with Crippen molar-refractivity contribution in [1.29, 1.82) is 0 Å². The van der Waals surface area contributed by atoms with Crippen molar-refractivity contribution in [3.05, 3.63) is 11.3 Å². The van der Waals surface area contributed by atoms with Gasteiger partial charge in [-0.15, -0.1) is 0 Å². The van der Waals surface area contributed by atoms with Gasteiger partial charge >= 0.3 is 0 Å². The molecule has 2 atom stereocenters. The number of hydrogen-bond donors (Lipinski definition) is 2. The number of hydrogen-bond acceptors (Lipinski definition) is 3. The van der Waals surface area contributed by atoms with E-state index in [1.54, 1.807) is 4.68 Å². The summed E-state index contributed by atoms with van der Waals surface area (Å²) in [6.45, 7) is 12.8. The molecule has 0 unspecified atom stereocenters. The van der Waals surface area contributed by atoms with E-state index >= 15 is 0 Å². The molecule has 1 aromatic rings. The van der Waals surface area contributed by atoms with Crippen LogP contribution in [0.5, 0.6) is 0 Å². The van der Waals surface area contributed by atoms with Crippen LogP contribution < -0.4 is 10.6 Å². The van der Waals surface area contributed by atoms with E-state index in [0.29, 0.717) is 13.0 Å². The summed E-state index contributed by atoms with van der Waals surface area (Å²) < 4.78 is 1.77. The lowest BCUT2D eigenvalue weighted by Crippen LogP contribution is -2.47. The molecular weight excluding hydrogens is 328 g/mol. The highest BCUT2D eigenvalue weighted by atomic mass is 16.2. The third-order valence-corrected chi connectivity index (χ3v) is 6.54. The number of carbonyl (C=O) groups excluding carboxylic acids is 2. The summed E-state index contributed by atoms with van der Waals surface area (Å²) in [6, 6.07) is 0. The fourth-order valence-electron chi connectivity index (χ4n) is 4.34. The fraction of sp³-hybridized carbons (Fsp3) is 0.750. The molecule has 1 aliphatic rings. The molecule has 6 heteroatoms. The van der Waals surface area contributed by atoms with Crippen LogP contribution in [0.3, 0.4) is 0 Å². The van der Waals surface area contributed by atoms with Gasteiger partial charge in [0.2, 0.25) is 11.8 Å². The van der Waals surface area contributed by atoms with E-state index in [1.165, 1.54) is 0 Å². The van der Waals surface area contributed by atoms with E-state index in [-0.39, 0.29) is 17.7 Å². The van der Waals surface area contributed by atoms with Crippen molar-refractivity contribution >= 4 is 17.6 Å². The standard InChI is InChI=1S/C20H34N4O2/c1-8-13-15(9-2)23-24(7)16(13)22-18(26)20(6)12-11-14(19(20,4)5)17(25)21-10-3/h14H,8-12H2,1-7H3,(H,21,25)(H,22,26)/t14-,20+/m0/s1. The first-order chi connectivity index (χ1) is 12.1. The third kappa shape index (κ3) is 3.14. The molecule has 0 spiro atoms. The molecule has 0 radical (unpaired) electrons. The molecule has 0 saturated heterocycles. The molecule has 6 nitrogen and oxygen atoms in total. The average molecular weight is 363 g/mol. The van der Waals surface area contributed by atoms with E-state index in [0.717, 1.165) is 36.3 Å². The maximum Gasteiger partial charge on any atom is 0.232 e. The number of aryl methyl sites for hydroxylation is 2. The summed E-state index contributed by atoms with van der Waals surface area (Å²) in [5, 5.41) is 10.6. The van der Waals surface area contributed by atoms with E-state index in [9.17, 15) is 9.59 Å². The Morgan fingerprint density at radius 3 is 2.38 bits per heavy atom. The third-order valence-electron chi connectivity index (χ3n) is 6.54. The number of aromatic nitrogens is 2. The number of nitrogens with zero attached hydrogens (tertiary/aromatic N) is 2. The van der Waals surface area contributed by atoms with Crippen LogP contribution in [0, 0.1) is 16.7 Å². The molecule has 1 fully saturated rings. The minimum absolute atomic E-state index is 0.0188. The van der Waals surface area contributed by atoms with Gasteiger partial charge in [-0.05, 0) is 38.0 Å². The summed E-state index contributed by atoms with van der Waals surface area (Å²) in [7, 11) is 1.87. The fourth-order valence-corrected chi connectivity index (χ4v) is 4.34. The molecule has 1 saturated carbocycles. The Hall–Kier alpha value is -1.85. The molecule has 0 aliphatic heterocycles. The van der Waals surface area contributed by atoms with Crippen molar-refractivity contribution in [2.75, 3.05) is 11.9 Å². The molecule has 1 aliphatic carbocycles. The lowest BCUT2D eigenvalue weighted by Gasteiger charge is -2.39. The zero-order chi connectivity index (χ0) is 19.7. The smallest absolute Gasteiger partial charge is 0.232 e. The van der Waals surface area contributed by atoms with E-state index < -0.39 is 10.8 Å². The molecule has 0 aromatic carbocycles. The van der Waals surface area contributed by atoms with Crippen LogP contribution in [0.15, 0.2) is 0 Å². The van der Waals surface area contributed by atoms with Crippen molar-refractivity contribution < 1.29 is 9.59 Å². The number of carbonyl (C=O) groups is 2. The van der Waals surface area contributed by atoms with Crippen LogP contribution in [-0.4, -0.2) is 28.1 Å². The summed E-state index contributed by atoms with van der Waals surface area (Å²) in [4.78, 5) is 25.8. The minimum atomic E-state index is -0.607. The summed E-state index contributed by atoms with van der Waals surface area (Å²) in [6.07, 6.45) is 3.10. The summed E-state index contributed by atoms with van der Waals surface area (Å²) >= 11 is 0. The predicted molar refractivity (Wildman–Crippen MR) is 104 cm³/mol. The largest absolute Gasteiger partial charge is 0.356 e. The van der Waals surface area contributed by atoms with Gasteiger partial charge in [-0.3, -0.25) is 14.3 Å². The maximum absolute atomic E-state index is 13.3. The second-order valence-electron chi connectivity index (χ2n) is 8.10. The maximum atomic E-state index is 13.3. The number of amides is 2. The molecule has 26 heavy (non-hydrogen) atoms. The Kier molecular flexibility index (Phi) is 5.83. The monoisotopic (exact) mass is 362 g/mol. The van der Waals surface area contributed by atoms with Gasteiger partial charge in [-0.2, -0.15) is 5.10 Å². The van der Waals surface area contributed by atoms with Crippen molar-refractivity contribution in [3.8, 4) is 0 Å². The van der Waals surface area contributed by atoms with Crippen LogP contribution in [0.1, 0.15) is 65.6 Å². The molecule has 2 amide bonds. The van der Waals surface area contributed by atoms with E-state index in [2.05, 4.69) is 29.6 Å².